The minimum atomic E-state index is -1.16. The van der Waals surface area contributed by atoms with Crippen LogP contribution in [0.1, 0.15) is 35.6 Å². The van der Waals surface area contributed by atoms with Crippen molar-refractivity contribution < 1.29 is 13.3 Å². The maximum Gasteiger partial charge on any atom is 0.127 e. The summed E-state index contributed by atoms with van der Waals surface area (Å²) in [6.45, 7) is 1.40. The molecule has 0 amide bonds. The lowest BCUT2D eigenvalue weighted by atomic mass is 9.84. The van der Waals surface area contributed by atoms with Crippen LogP contribution in [0.25, 0.3) is 0 Å². The van der Waals surface area contributed by atoms with Gasteiger partial charge in [0.1, 0.15) is 22.9 Å². The second-order valence-corrected chi connectivity index (χ2v) is 9.11. The molecule has 3 aromatic rings. The zero-order valence-electron chi connectivity index (χ0n) is 16.0. The van der Waals surface area contributed by atoms with Crippen LogP contribution in [-0.4, -0.2) is 21.6 Å². The first-order valence-electron chi connectivity index (χ1n) is 9.91. The molecule has 148 valence electrons. The fourth-order valence-electron chi connectivity index (χ4n) is 4.46. The molecule has 5 rings (SSSR count). The standard InChI is InChI=1S/C24H22FNO2S/c25-19-12-10-18(11-13-19)23-21-8-4-5-9-22(21)24(28-23)14-16-26(17-15-24)29(27)20-6-2-1-3-7-20/h1-13,23H,14-17H2. The molecule has 0 saturated carbocycles. The van der Waals surface area contributed by atoms with Crippen molar-refractivity contribution in [2.24, 2.45) is 0 Å². The predicted octanol–water partition coefficient (Wildman–Crippen LogP) is 4.96. The molecular weight excluding hydrogens is 385 g/mol. The quantitative estimate of drug-likeness (QED) is 0.614. The lowest BCUT2D eigenvalue weighted by Gasteiger charge is -2.39. The summed E-state index contributed by atoms with van der Waals surface area (Å²) in [4.78, 5) is 0.834. The monoisotopic (exact) mass is 407 g/mol. The molecule has 1 saturated heterocycles. The lowest BCUT2D eigenvalue weighted by Crippen LogP contribution is -2.43. The van der Waals surface area contributed by atoms with E-state index in [0.29, 0.717) is 13.1 Å². The molecule has 0 N–H and O–H groups in total. The largest absolute Gasteiger partial charge is 0.358 e. The molecule has 2 atom stereocenters. The van der Waals surface area contributed by atoms with Crippen molar-refractivity contribution in [3.05, 3.63) is 101 Å². The zero-order valence-corrected chi connectivity index (χ0v) is 16.8. The van der Waals surface area contributed by atoms with Gasteiger partial charge in [-0.15, -0.1) is 0 Å². The summed E-state index contributed by atoms with van der Waals surface area (Å²) in [7, 11) is -1.16. The minimum Gasteiger partial charge on any atom is -0.358 e. The smallest absolute Gasteiger partial charge is 0.127 e. The Kier molecular flexibility index (Phi) is 4.82. The van der Waals surface area contributed by atoms with Gasteiger partial charge in [0.15, 0.2) is 0 Å². The van der Waals surface area contributed by atoms with Gasteiger partial charge < -0.3 is 4.74 Å². The second kappa shape index (κ2) is 7.48. The van der Waals surface area contributed by atoms with Gasteiger partial charge in [-0.1, -0.05) is 54.6 Å². The Balaban J connectivity index is 1.40. The van der Waals surface area contributed by atoms with E-state index in [2.05, 4.69) is 12.1 Å². The third-order valence-electron chi connectivity index (χ3n) is 5.96. The molecule has 5 heteroatoms. The molecule has 2 aliphatic rings. The van der Waals surface area contributed by atoms with E-state index in [1.807, 2.05) is 46.8 Å². The Morgan fingerprint density at radius 1 is 0.897 bits per heavy atom. The summed E-state index contributed by atoms with van der Waals surface area (Å²) < 4.78 is 35.0. The van der Waals surface area contributed by atoms with E-state index >= 15 is 0 Å². The van der Waals surface area contributed by atoms with Crippen LogP contribution in [0, 0.1) is 5.82 Å². The summed E-state index contributed by atoms with van der Waals surface area (Å²) >= 11 is 0. The van der Waals surface area contributed by atoms with Crippen molar-refractivity contribution in [1.82, 2.24) is 4.31 Å². The van der Waals surface area contributed by atoms with Crippen LogP contribution in [0.3, 0.4) is 0 Å². The van der Waals surface area contributed by atoms with Gasteiger partial charge in [0.25, 0.3) is 0 Å². The van der Waals surface area contributed by atoms with Crippen LogP contribution < -0.4 is 0 Å². The van der Waals surface area contributed by atoms with Crippen molar-refractivity contribution >= 4 is 11.0 Å². The van der Waals surface area contributed by atoms with Crippen LogP contribution in [-0.2, 0) is 21.3 Å². The van der Waals surface area contributed by atoms with E-state index in [-0.39, 0.29) is 17.5 Å². The van der Waals surface area contributed by atoms with E-state index in [0.717, 1.165) is 28.9 Å². The number of benzene rings is 3. The summed E-state index contributed by atoms with van der Waals surface area (Å²) in [5.74, 6) is -0.244. The van der Waals surface area contributed by atoms with Crippen LogP contribution in [0.15, 0.2) is 83.8 Å². The molecule has 3 nitrogen and oxygen atoms in total. The molecule has 1 fully saturated rings. The number of ether oxygens (including phenoxy) is 1. The van der Waals surface area contributed by atoms with Crippen molar-refractivity contribution in [3.8, 4) is 0 Å². The van der Waals surface area contributed by atoms with Crippen LogP contribution in [0.5, 0.6) is 0 Å². The Hall–Kier alpha value is -2.34. The highest BCUT2D eigenvalue weighted by Gasteiger charge is 2.47. The van der Waals surface area contributed by atoms with Crippen molar-refractivity contribution in [2.45, 2.75) is 29.4 Å². The maximum absolute atomic E-state index is 13.4. The number of rotatable bonds is 3. The van der Waals surface area contributed by atoms with Gasteiger partial charge in [-0.3, -0.25) is 0 Å². The molecule has 29 heavy (non-hydrogen) atoms. The number of hydrogen-bond acceptors (Lipinski definition) is 2. The molecule has 0 aliphatic carbocycles. The SMILES string of the molecule is O=S(c1ccccc1)N1CCC2(CC1)OC(c1ccc(F)cc1)c1ccccc12. The zero-order chi connectivity index (χ0) is 19.8. The number of fused-ring (bicyclic) bond motifs is 2. The van der Waals surface area contributed by atoms with E-state index in [1.165, 1.54) is 17.7 Å². The van der Waals surface area contributed by atoms with E-state index < -0.39 is 11.0 Å². The summed E-state index contributed by atoms with van der Waals surface area (Å²) in [6.07, 6.45) is 1.36. The normalized spacial score (nSPS) is 21.8. The highest BCUT2D eigenvalue weighted by molar-refractivity contribution is 7.82. The average molecular weight is 408 g/mol. The van der Waals surface area contributed by atoms with Gasteiger partial charge in [0, 0.05) is 13.1 Å². The van der Waals surface area contributed by atoms with Gasteiger partial charge in [-0.2, -0.15) is 0 Å². The number of piperidine rings is 1. The molecule has 2 heterocycles. The molecule has 2 unspecified atom stereocenters. The van der Waals surface area contributed by atoms with Crippen LogP contribution in [0.4, 0.5) is 4.39 Å². The fourth-order valence-corrected chi connectivity index (χ4v) is 5.67. The Morgan fingerprint density at radius 2 is 1.55 bits per heavy atom. The first kappa shape index (κ1) is 18.7. The van der Waals surface area contributed by atoms with Crippen LogP contribution in [0.2, 0.25) is 0 Å². The molecule has 2 aliphatic heterocycles. The highest BCUT2D eigenvalue weighted by atomic mass is 32.2. The van der Waals surface area contributed by atoms with Gasteiger partial charge in [0.2, 0.25) is 0 Å². The Labute approximate surface area is 172 Å². The average Bonchev–Trinajstić information content (AvgIpc) is 3.09. The molecule has 0 bridgehead atoms. The highest BCUT2D eigenvalue weighted by Crippen LogP contribution is 2.51. The fraction of sp³-hybridized carbons (Fsp3) is 0.250. The van der Waals surface area contributed by atoms with Gasteiger partial charge >= 0.3 is 0 Å². The van der Waals surface area contributed by atoms with Crippen LogP contribution >= 0.6 is 0 Å². The first-order valence-corrected chi connectivity index (χ1v) is 11.0. The topological polar surface area (TPSA) is 29.5 Å². The van der Waals surface area contributed by atoms with E-state index in [1.54, 1.807) is 12.1 Å². The first-order chi connectivity index (χ1) is 14.2. The summed E-state index contributed by atoms with van der Waals surface area (Å²) in [6, 6.07) is 24.5. The molecule has 0 radical (unpaired) electrons. The van der Waals surface area contributed by atoms with E-state index in [9.17, 15) is 8.60 Å². The number of nitrogens with zero attached hydrogens (tertiary/aromatic N) is 1. The molecule has 0 aromatic heterocycles. The molecule has 3 aromatic carbocycles. The van der Waals surface area contributed by atoms with Crippen molar-refractivity contribution in [2.75, 3.05) is 13.1 Å². The lowest BCUT2D eigenvalue weighted by molar-refractivity contribution is -0.0880. The Morgan fingerprint density at radius 3 is 2.28 bits per heavy atom. The second-order valence-electron chi connectivity index (χ2n) is 7.62. The van der Waals surface area contributed by atoms with Gasteiger partial charge in [-0.05, 0) is 53.8 Å². The molecular formula is C24H22FNO2S. The maximum atomic E-state index is 13.4. The van der Waals surface area contributed by atoms with Crippen molar-refractivity contribution in [3.63, 3.8) is 0 Å². The summed E-state index contributed by atoms with van der Waals surface area (Å²) in [5.41, 5.74) is 2.94. The molecule has 1 spiro atoms. The number of hydrogen-bond donors (Lipinski definition) is 0. The minimum absolute atomic E-state index is 0.196. The predicted molar refractivity (Wildman–Crippen MR) is 111 cm³/mol. The summed E-state index contributed by atoms with van der Waals surface area (Å²) in [5, 5.41) is 0. The third-order valence-corrected chi connectivity index (χ3v) is 7.47. The van der Waals surface area contributed by atoms with E-state index in [4.69, 9.17) is 4.74 Å². The number of halogens is 1. The van der Waals surface area contributed by atoms with Gasteiger partial charge in [-0.25, -0.2) is 12.9 Å². The van der Waals surface area contributed by atoms with Crippen molar-refractivity contribution in [1.29, 1.82) is 0 Å². The van der Waals surface area contributed by atoms with Gasteiger partial charge in [0.05, 0.1) is 10.5 Å². The Bertz CT molecular complexity index is 1030. The third kappa shape index (κ3) is 3.33.